The van der Waals surface area contributed by atoms with Crippen molar-refractivity contribution in [1.82, 2.24) is 5.16 Å². The Bertz CT molecular complexity index is 476. The van der Waals surface area contributed by atoms with E-state index in [1.807, 2.05) is 6.07 Å². The maximum atomic E-state index is 11.5. The van der Waals surface area contributed by atoms with E-state index in [4.69, 9.17) is 9.26 Å². The van der Waals surface area contributed by atoms with Crippen LogP contribution >= 0.6 is 0 Å². The van der Waals surface area contributed by atoms with Gasteiger partial charge in [-0.3, -0.25) is 4.79 Å². The molecular formula is C12H11NO3. The summed E-state index contributed by atoms with van der Waals surface area (Å²) in [5, 5.41) is 3.69. The van der Waals surface area contributed by atoms with Crippen LogP contribution in [0.4, 0.5) is 0 Å². The average Bonchev–Trinajstić information content (AvgIpc) is 2.65. The summed E-state index contributed by atoms with van der Waals surface area (Å²) in [7, 11) is 0. The van der Waals surface area contributed by atoms with E-state index in [1.54, 1.807) is 37.3 Å². The van der Waals surface area contributed by atoms with Crippen molar-refractivity contribution in [2.75, 3.05) is 0 Å². The highest BCUT2D eigenvalue weighted by Gasteiger charge is 2.09. The predicted octanol–water partition coefficient (Wildman–Crippen LogP) is 2.13. The van der Waals surface area contributed by atoms with Gasteiger partial charge in [0.1, 0.15) is 17.9 Å². The van der Waals surface area contributed by atoms with E-state index >= 15 is 0 Å². The molecular weight excluding hydrogens is 206 g/mol. The zero-order valence-corrected chi connectivity index (χ0v) is 8.84. The van der Waals surface area contributed by atoms with Gasteiger partial charge in [-0.25, -0.2) is 0 Å². The third-order valence-electron chi connectivity index (χ3n) is 1.97. The second kappa shape index (κ2) is 4.61. The Morgan fingerprint density at radius 2 is 2.12 bits per heavy atom. The van der Waals surface area contributed by atoms with E-state index in [0.29, 0.717) is 11.5 Å². The molecule has 0 saturated heterocycles. The Morgan fingerprint density at radius 3 is 2.75 bits per heavy atom. The number of nitrogens with zero attached hydrogens (tertiary/aromatic N) is 1. The van der Waals surface area contributed by atoms with Crippen molar-refractivity contribution < 1.29 is 14.1 Å². The first-order valence-electron chi connectivity index (χ1n) is 4.92. The van der Waals surface area contributed by atoms with Gasteiger partial charge in [-0.2, -0.15) is 0 Å². The summed E-state index contributed by atoms with van der Waals surface area (Å²) in [6.45, 7) is 1.80. The average molecular weight is 217 g/mol. The van der Waals surface area contributed by atoms with E-state index in [9.17, 15) is 4.79 Å². The highest BCUT2D eigenvalue weighted by molar-refractivity contribution is 5.74. The minimum Gasteiger partial charge on any atom is -0.426 e. The molecule has 0 saturated carbocycles. The summed E-state index contributed by atoms with van der Waals surface area (Å²) in [6.07, 6.45) is 0.0930. The van der Waals surface area contributed by atoms with Crippen LogP contribution in [0.3, 0.4) is 0 Å². The van der Waals surface area contributed by atoms with E-state index in [-0.39, 0.29) is 12.4 Å². The van der Waals surface area contributed by atoms with Crippen LogP contribution in [0, 0.1) is 6.92 Å². The SMILES string of the molecule is Cc1cc(CC(=O)Oc2ccccc2)on1. The largest absolute Gasteiger partial charge is 0.426 e. The quantitative estimate of drug-likeness (QED) is 0.583. The molecule has 0 aliphatic rings. The molecule has 82 valence electrons. The van der Waals surface area contributed by atoms with Gasteiger partial charge in [0.2, 0.25) is 0 Å². The van der Waals surface area contributed by atoms with Crippen LogP contribution in [0.25, 0.3) is 0 Å². The molecule has 0 N–H and O–H groups in total. The fourth-order valence-corrected chi connectivity index (χ4v) is 1.30. The number of aromatic nitrogens is 1. The van der Waals surface area contributed by atoms with E-state index < -0.39 is 0 Å². The van der Waals surface area contributed by atoms with Gasteiger partial charge in [0, 0.05) is 6.07 Å². The third-order valence-corrected chi connectivity index (χ3v) is 1.97. The maximum absolute atomic E-state index is 11.5. The first-order chi connectivity index (χ1) is 7.74. The Balaban J connectivity index is 1.95. The summed E-state index contributed by atoms with van der Waals surface area (Å²) >= 11 is 0. The van der Waals surface area contributed by atoms with Crippen molar-refractivity contribution in [1.29, 1.82) is 0 Å². The smallest absolute Gasteiger partial charge is 0.318 e. The molecule has 0 radical (unpaired) electrons. The Morgan fingerprint density at radius 1 is 1.38 bits per heavy atom. The first-order valence-corrected chi connectivity index (χ1v) is 4.92. The van der Waals surface area contributed by atoms with Crippen molar-refractivity contribution in [2.45, 2.75) is 13.3 Å². The van der Waals surface area contributed by atoms with Crippen LogP contribution in [-0.2, 0) is 11.2 Å². The maximum Gasteiger partial charge on any atom is 0.318 e. The Kier molecular flexibility index (Phi) is 3.00. The summed E-state index contributed by atoms with van der Waals surface area (Å²) in [5.41, 5.74) is 0.752. The monoisotopic (exact) mass is 217 g/mol. The van der Waals surface area contributed by atoms with Crippen molar-refractivity contribution in [3.63, 3.8) is 0 Å². The van der Waals surface area contributed by atoms with Crippen molar-refractivity contribution in [3.8, 4) is 5.75 Å². The van der Waals surface area contributed by atoms with Crippen molar-refractivity contribution in [2.24, 2.45) is 0 Å². The molecule has 1 heterocycles. The Hall–Kier alpha value is -2.10. The van der Waals surface area contributed by atoms with Gasteiger partial charge in [0.15, 0.2) is 0 Å². The third kappa shape index (κ3) is 2.70. The molecule has 1 aromatic carbocycles. The number of carbonyl (C=O) groups excluding carboxylic acids is 1. The van der Waals surface area contributed by atoms with E-state index in [0.717, 1.165) is 5.69 Å². The van der Waals surface area contributed by atoms with Crippen LogP contribution < -0.4 is 4.74 Å². The number of ether oxygens (including phenoxy) is 1. The molecule has 2 rings (SSSR count). The van der Waals surface area contributed by atoms with Gasteiger partial charge in [0.25, 0.3) is 0 Å². The number of para-hydroxylation sites is 1. The predicted molar refractivity (Wildman–Crippen MR) is 57.0 cm³/mol. The van der Waals surface area contributed by atoms with Gasteiger partial charge >= 0.3 is 5.97 Å². The van der Waals surface area contributed by atoms with Gasteiger partial charge in [0.05, 0.1) is 5.69 Å². The molecule has 0 fully saturated rings. The lowest BCUT2D eigenvalue weighted by Gasteiger charge is -2.01. The lowest BCUT2D eigenvalue weighted by atomic mass is 10.3. The number of carbonyl (C=O) groups is 1. The van der Waals surface area contributed by atoms with E-state index in [1.165, 1.54) is 0 Å². The Labute approximate surface area is 92.8 Å². The molecule has 0 bridgehead atoms. The molecule has 0 aliphatic heterocycles. The number of hydrogen-bond donors (Lipinski definition) is 0. The normalized spacial score (nSPS) is 10.1. The summed E-state index contributed by atoms with van der Waals surface area (Å²) in [4.78, 5) is 11.5. The molecule has 0 aliphatic carbocycles. The molecule has 0 amide bonds. The molecule has 0 unspecified atom stereocenters. The lowest BCUT2D eigenvalue weighted by molar-refractivity contribution is -0.133. The zero-order chi connectivity index (χ0) is 11.4. The molecule has 2 aromatic rings. The van der Waals surface area contributed by atoms with Crippen LogP contribution in [0.15, 0.2) is 40.9 Å². The number of benzene rings is 1. The van der Waals surface area contributed by atoms with Crippen LogP contribution in [-0.4, -0.2) is 11.1 Å². The summed E-state index contributed by atoms with van der Waals surface area (Å²) < 4.78 is 10.0. The molecule has 1 aromatic heterocycles. The van der Waals surface area contributed by atoms with Crippen LogP contribution in [0.2, 0.25) is 0 Å². The highest BCUT2D eigenvalue weighted by atomic mass is 16.5. The first kappa shape index (κ1) is 10.4. The second-order valence-electron chi connectivity index (χ2n) is 3.40. The summed E-state index contributed by atoms with van der Waals surface area (Å²) in [6, 6.07) is 10.6. The number of hydrogen-bond acceptors (Lipinski definition) is 4. The van der Waals surface area contributed by atoms with Gasteiger partial charge in [-0.15, -0.1) is 0 Å². The van der Waals surface area contributed by atoms with Gasteiger partial charge in [-0.05, 0) is 19.1 Å². The fraction of sp³-hybridized carbons (Fsp3) is 0.167. The minimum atomic E-state index is -0.359. The number of esters is 1. The zero-order valence-electron chi connectivity index (χ0n) is 8.84. The van der Waals surface area contributed by atoms with E-state index in [2.05, 4.69) is 5.16 Å². The minimum absolute atomic E-state index is 0.0930. The van der Waals surface area contributed by atoms with Gasteiger partial charge in [-0.1, -0.05) is 23.4 Å². The van der Waals surface area contributed by atoms with Crippen LogP contribution in [0.1, 0.15) is 11.5 Å². The molecule has 0 spiro atoms. The number of aryl methyl sites for hydroxylation is 1. The second-order valence-corrected chi connectivity index (χ2v) is 3.40. The lowest BCUT2D eigenvalue weighted by Crippen LogP contribution is -2.10. The molecule has 16 heavy (non-hydrogen) atoms. The molecule has 4 nitrogen and oxygen atoms in total. The molecule has 0 atom stereocenters. The fourth-order valence-electron chi connectivity index (χ4n) is 1.30. The standard InChI is InChI=1S/C12H11NO3/c1-9-7-11(16-13-9)8-12(14)15-10-5-3-2-4-6-10/h2-7H,8H2,1H3. The number of rotatable bonds is 3. The topological polar surface area (TPSA) is 52.3 Å². The summed E-state index contributed by atoms with van der Waals surface area (Å²) in [5.74, 6) is 0.685. The van der Waals surface area contributed by atoms with Crippen molar-refractivity contribution >= 4 is 5.97 Å². The van der Waals surface area contributed by atoms with Crippen molar-refractivity contribution in [3.05, 3.63) is 47.9 Å². The van der Waals surface area contributed by atoms with Crippen LogP contribution in [0.5, 0.6) is 5.75 Å². The molecule has 4 heteroatoms. The van der Waals surface area contributed by atoms with Gasteiger partial charge < -0.3 is 9.26 Å². The highest BCUT2D eigenvalue weighted by Crippen LogP contribution is 2.10.